The van der Waals surface area contributed by atoms with Crippen LogP contribution in [0.1, 0.15) is 5.82 Å². The molecule has 0 saturated heterocycles. The van der Waals surface area contributed by atoms with E-state index < -0.39 is 4.92 Å². The Morgan fingerprint density at radius 3 is 2.89 bits per heavy atom. The summed E-state index contributed by atoms with van der Waals surface area (Å²) in [6.07, 6.45) is 2.72. The summed E-state index contributed by atoms with van der Waals surface area (Å²) in [7, 11) is 3.08. The average Bonchev–Trinajstić information content (AvgIpc) is 2.81. The summed E-state index contributed by atoms with van der Waals surface area (Å²) in [6, 6.07) is 0. The maximum absolute atomic E-state index is 11.0. The lowest BCUT2D eigenvalue weighted by atomic mass is 10.4. The number of nitrogens with one attached hydrogen (secondary N) is 1. The monoisotopic (exact) mass is 265 g/mol. The van der Waals surface area contributed by atoms with Gasteiger partial charge >= 0.3 is 5.69 Å². The smallest absolute Gasteiger partial charge is 0.372 e. The molecule has 2 heterocycles. The number of nitro groups is 1. The lowest BCUT2D eigenvalue weighted by molar-refractivity contribution is -0.385. The predicted octanol–water partition coefficient (Wildman–Crippen LogP) is 0.134. The first-order valence-corrected chi connectivity index (χ1v) is 5.23. The zero-order valence-corrected chi connectivity index (χ0v) is 10.3. The van der Waals surface area contributed by atoms with Crippen molar-refractivity contribution >= 4 is 11.5 Å². The van der Waals surface area contributed by atoms with Gasteiger partial charge in [0.1, 0.15) is 12.7 Å². The quantitative estimate of drug-likeness (QED) is 0.598. The maximum Gasteiger partial charge on any atom is 0.372 e. The second kappa shape index (κ2) is 5.25. The van der Waals surface area contributed by atoms with Crippen molar-refractivity contribution in [3.63, 3.8) is 0 Å². The number of rotatable bonds is 5. The highest BCUT2D eigenvalue weighted by atomic mass is 16.6. The zero-order valence-electron chi connectivity index (χ0n) is 10.3. The first kappa shape index (κ1) is 12.7. The van der Waals surface area contributed by atoms with Crippen molar-refractivity contribution in [3.05, 3.63) is 28.6 Å². The molecule has 0 aliphatic heterocycles. The summed E-state index contributed by atoms with van der Waals surface area (Å²) in [4.78, 5) is 17.9. The minimum Gasteiger partial charge on any atom is -0.476 e. The van der Waals surface area contributed by atoms with E-state index in [4.69, 9.17) is 4.74 Å². The van der Waals surface area contributed by atoms with Gasteiger partial charge in [0.25, 0.3) is 5.88 Å². The van der Waals surface area contributed by atoms with Gasteiger partial charge in [-0.15, -0.1) is 10.2 Å². The van der Waals surface area contributed by atoms with Crippen LogP contribution < -0.4 is 10.1 Å². The van der Waals surface area contributed by atoms with Gasteiger partial charge in [-0.3, -0.25) is 10.1 Å². The maximum atomic E-state index is 11.0. The van der Waals surface area contributed by atoms with Gasteiger partial charge in [-0.1, -0.05) is 0 Å². The first-order chi connectivity index (χ1) is 9.13. The number of hydrogen-bond donors (Lipinski definition) is 1. The summed E-state index contributed by atoms with van der Waals surface area (Å²) in [6.45, 7) is 0.248. The highest BCUT2D eigenvalue weighted by Crippen LogP contribution is 2.30. The van der Waals surface area contributed by atoms with E-state index >= 15 is 0 Å². The van der Waals surface area contributed by atoms with Crippen LogP contribution in [0.3, 0.4) is 0 Å². The molecule has 19 heavy (non-hydrogen) atoms. The van der Waals surface area contributed by atoms with Gasteiger partial charge in [0.2, 0.25) is 5.82 Å². The number of anilines is 1. The van der Waals surface area contributed by atoms with Gasteiger partial charge in [-0.2, -0.15) is 4.98 Å². The molecule has 0 spiro atoms. The average molecular weight is 265 g/mol. The van der Waals surface area contributed by atoms with Crippen molar-refractivity contribution in [3.8, 4) is 5.88 Å². The molecule has 10 heteroatoms. The van der Waals surface area contributed by atoms with Crippen LogP contribution in [-0.4, -0.2) is 36.8 Å². The van der Waals surface area contributed by atoms with Crippen LogP contribution in [0.4, 0.5) is 11.5 Å². The Morgan fingerprint density at radius 1 is 1.53 bits per heavy atom. The predicted molar refractivity (Wildman–Crippen MR) is 63.6 cm³/mol. The van der Waals surface area contributed by atoms with Crippen molar-refractivity contribution in [1.82, 2.24) is 24.7 Å². The fourth-order valence-electron chi connectivity index (χ4n) is 1.44. The third-order valence-electron chi connectivity index (χ3n) is 2.38. The van der Waals surface area contributed by atoms with Gasteiger partial charge < -0.3 is 14.6 Å². The number of nitrogens with zero attached hydrogens (tertiary/aromatic N) is 6. The molecular weight excluding hydrogens is 254 g/mol. The minimum atomic E-state index is -0.599. The largest absolute Gasteiger partial charge is 0.476 e. The molecule has 100 valence electrons. The zero-order chi connectivity index (χ0) is 13.8. The molecule has 1 N–H and O–H groups in total. The molecule has 0 aliphatic rings. The Bertz CT molecular complexity index is 597. The van der Waals surface area contributed by atoms with E-state index in [9.17, 15) is 10.1 Å². The summed E-state index contributed by atoms with van der Waals surface area (Å²) >= 11 is 0. The van der Waals surface area contributed by atoms with E-state index in [1.165, 1.54) is 19.8 Å². The number of aromatic nitrogens is 5. The van der Waals surface area contributed by atoms with Gasteiger partial charge in [0.15, 0.2) is 5.82 Å². The molecule has 0 fully saturated rings. The fourth-order valence-corrected chi connectivity index (χ4v) is 1.44. The van der Waals surface area contributed by atoms with E-state index in [1.54, 1.807) is 11.6 Å². The van der Waals surface area contributed by atoms with E-state index in [0.717, 1.165) is 0 Å². The molecular formula is C9H11N7O3. The van der Waals surface area contributed by atoms with Crippen molar-refractivity contribution < 1.29 is 9.66 Å². The highest BCUT2D eigenvalue weighted by Gasteiger charge is 2.23. The van der Waals surface area contributed by atoms with Crippen molar-refractivity contribution in [2.75, 3.05) is 12.4 Å². The molecule has 0 bridgehead atoms. The lowest BCUT2D eigenvalue weighted by Crippen LogP contribution is -2.09. The van der Waals surface area contributed by atoms with Crippen LogP contribution in [0.25, 0.3) is 0 Å². The Kier molecular flexibility index (Phi) is 3.50. The van der Waals surface area contributed by atoms with E-state index in [-0.39, 0.29) is 23.9 Å². The Balaban J connectivity index is 2.25. The Morgan fingerprint density at radius 2 is 2.32 bits per heavy atom. The topological polar surface area (TPSA) is 121 Å². The molecule has 2 aromatic heterocycles. The number of hydrogen-bond acceptors (Lipinski definition) is 8. The van der Waals surface area contributed by atoms with Crippen LogP contribution in [0.15, 0.2) is 12.7 Å². The standard InChI is InChI=1S/C9H11N7O3/c1-15-5-13-14-6(15)3-10-8-7(16(17)18)9(19-2)12-4-11-8/h4-5H,3H2,1-2H3,(H,10,11,12). The molecule has 2 rings (SSSR count). The first-order valence-electron chi connectivity index (χ1n) is 5.23. The molecule has 0 aliphatic carbocycles. The van der Waals surface area contributed by atoms with Crippen molar-refractivity contribution in [1.29, 1.82) is 0 Å². The molecule has 2 aromatic rings. The number of ether oxygens (including phenoxy) is 1. The summed E-state index contributed by atoms with van der Waals surface area (Å²) < 4.78 is 6.53. The normalized spacial score (nSPS) is 10.2. The second-order valence-corrected chi connectivity index (χ2v) is 3.55. The molecule has 0 amide bonds. The second-order valence-electron chi connectivity index (χ2n) is 3.55. The SMILES string of the molecule is COc1ncnc(NCc2nncn2C)c1[N+](=O)[O-]. The van der Waals surface area contributed by atoms with Gasteiger partial charge in [0, 0.05) is 7.05 Å². The Hall–Kier alpha value is -2.78. The van der Waals surface area contributed by atoms with Crippen molar-refractivity contribution in [2.45, 2.75) is 6.54 Å². The fraction of sp³-hybridized carbons (Fsp3) is 0.333. The van der Waals surface area contributed by atoms with E-state index in [2.05, 4.69) is 25.5 Å². The molecule has 0 saturated carbocycles. The highest BCUT2D eigenvalue weighted by molar-refractivity contribution is 5.60. The van der Waals surface area contributed by atoms with Gasteiger partial charge in [-0.05, 0) is 0 Å². The van der Waals surface area contributed by atoms with Crippen LogP contribution in [0.5, 0.6) is 5.88 Å². The molecule has 10 nitrogen and oxygen atoms in total. The summed E-state index contributed by atoms with van der Waals surface area (Å²) in [5, 5.41) is 21.4. The van der Waals surface area contributed by atoms with E-state index in [1.807, 2.05) is 0 Å². The van der Waals surface area contributed by atoms with Gasteiger partial charge in [-0.25, -0.2) is 4.98 Å². The van der Waals surface area contributed by atoms with E-state index in [0.29, 0.717) is 5.82 Å². The van der Waals surface area contributed by atoms with Crippen LogP contribution in [-0.2, 0) is 13.6 Å². The van der Waals surface area contributed by atoms with Gasteiger partial charge in [0.05, 0.1) is 18.6 Å². The minimum absolute atomic E-state index is 0.0693. The molecule has 0 unspecified atom stereocenters. The number of aryl methyl sites for hydroxylation is 1. The summed E-state index contributed by atoms with van der Waals surface area (Å²) in [5.41, 5.74) is -0.313. The van der Waals surface area contributed by atoms with Crippen molar-refractivity contribution in [2.24, 2.45) is 7.05 Å². The van der Waals surface area contributed by atoms with Crippen LogP contribution in [0, 0.1) is 10.1 Å². The van der Waals surface area contributed by atoms with Crippen LogP contribution >= 0.6 is 0 Å². The molecule has 0 aromatic carbocycles. The summed E-state index contributed by atoms with van der Waals surface area (Å²) in [5.74, 6) is 0.590. The van der Waals surface area contributed by atoms with Crippen LogP contribution in [0.2, 0.25) is 0 Å². The molecule has 0 radical (unpaired) electrons. The molecule has 0 atom stereocenters. The number of methoxy groups -OCH3 is 1. The lowest BCUT2D eigenvalue weighted by Gasteiger charge is -2.07. The third kappa shape index (κ3) is 2.56. The Labute approximate surface area is 107 Å². The third-order valence-corrected chi connectivity index (χ3v) is 2.38.